The Morgan fingerprint density at radius 2 is 2.54 bits per heavy atom. The third-order valence-electron chi connectivity index (χ3n) is 2.43. The fourth-order valence-electron chi connectivity index (χ4n) is 1.69. The quantitative estimate of drug-likeness (QED) is 0.653. The van der Waals surface area contributed by atoms with Crippen molar-refractivity contribution >= 4 is 5.78 Å². The van der Waals surface area contributed by atoms with Crippen molar-refractivity contribution in [1.82, 2.24) is 15.3 Å². The van der Waals surface area contributed by atoms with Gasteiger partial charge in [0, 0.05) is 12.5 Å². The average Bonchev–Trinajstić information content (AvgIpc) is 2.71. The summed E-state index contributed by atoms with van der Waals surface area (Å²) in [6.07, 6.45) is 5.22. The van der Waals surface area contributed by atoms with Gasteiger partial charge < -0.3 is 10.3 Å². The largest absolute Gasteiger partial charge is 0.342 e. The Kier molecular flexibility index (Phi) is 2.40. The minimum Gasteiger partial charge on any atom is -0.342 e. The van der Waals surface area contributed by atoms with Crippen LogP contribution in [0.1, 0.15) is 23.3 Å². The first kappa shape index (κ1) is 8.44. The maximum Gasteiger partial charge on any atom is 0.184 e. The maximum absolute atomic E-state index is 11.7. The summed E-state index contributed by atoms with van der Waals surface area (Å²) in [7, 11) is 0. The highest BCUT2D eigenvalue weighted by atomic mass is 16.1. The van der Waals surface area contributed by atoms with E-state index in [9.17, 15) is 4.79 Å². The second kappa shape index (κ2) is 3.70. The van der Waals surface area contributed by atoms with Crippen LogP contribution < -0.4 is 5.32 Å². The van der Waals surface area contributed by atoms with Gasteiger partial charge >= 0.3 is 0 Å². The zero-order chi connectivity index (χ0) is 9.10. The lowest BCUT2D eigenvalue weighted by atomic mass is 9.94. The normalized spacial score (nSPS) is 22.9. The topological polar surface area (TPSA) is 57.8 Å². The van der Waals surface area contributed by atoms with Crippen LogP contribution >= 0.6 is 0 Å². The van der Waals surface area contributed by atoms with Crippen LogP contribution in [0, 0.1) is 5.92 Å². The smallest absolute Gasteiger partial charge is 0.184 e. The number of rotatable bonds is 2. The van der Waals surface area contributed by atoms with Gasteiger partial charge in [-0.05, 0) is 19.4 Å². The van der Waals surface area contributed by atoms with Crippen LogP contribution in [0.3, 0.4) is 0 Å². The Bertz CT molecular complexity index is 275. The molecule has 13 heavy (non-hydrogen) atoms. The van der Waals surface area contributed by atoms with Crippen LogP contribution in [0.15, 0.2) is 12.5 Å². The van der Waals surface area contributed by atoms with E-state index in [1.807, 2.05) is 0 Å². The molecule has 1 aliphatic heterocycles. The highest BCUT2D eigenvalue weighted by Gasteiger charge is 2.22. The summed E-state index contributed by atoms with van der Waals surface area (Å²) < 4.78 is 0. The molecule has 1 aromatic heterocycles. The molecule has 1 saturated heterocycles. The first-order valence-electron chi connectivity index (χ1n) is 4.61. The molecule has 1 aromatic rings. The van der Waals surface area contributed by atoms with E-state index in [0.717, 1.165) is 25.9 Å². The second-order valence-electron chi connectivity index (χ2n) is 3.37. The van der Waals surface area contributed by atoms with Crippen molar-refractivity contribution in [2.24, 2.45) is 5.92 Å². The zero-order valence-corrected chi connectivity index (χ0v) is 7.42. The summed E-state index contributed by atoms with van der Waals surface area (Å²) in [6.45, 7) is 1.84. The summed E-state index contributed by atoms with van der Waals surface area (Å²) in [5.41, 5.74) is 0.633. The van der Waals surface area contributed by atoms with Gasteiger partial charge in [0.1, 0.15) is 5.69 Å². The number of hydrogen-bond donors (Lipinski definition) is 2. The van der Waals surface area contributed by atoms with Gasteiger partial charge in [-0.2, -0.15) is 0 Å². The average molecular weight is 179 g/mol. The number of carbonyl (C=O) groups is 1. The van der Waals surface area contributed by atoms with Gasteiger partial charge in [-0.3, -0.25) is 4.79 Å². The first-order valence-corrected chi connectivity index (χ1v) is 4.61. The molecule has 0 aliphatic carbocycles. The van der Waals surface area contributed by atoms with Crippen molar-refractivity contribution in [3.05, 3.63) is 18.2 Å². The molecule has 2 N–H and O–H groups in total. The van der Waals surface area contributed by atoms with Crippen LogP contribution in [0.5, 0.6) is 0 Å². The van der Waals surface area contributed by atoms with Crippen molar-refractivity contribution < 1.29 is 4.79 Å². The predicted octanol–water partition coefficient (Wildman–Crippen LogP) is 0.592. The van der Waals surface area contributed by atoms with Crippen LogP contribution in [0.25, 0.3) is 0 Å². The number of Topliss-reactive ketones (excluding diaryl/α,β-unsaturated/α-hetero) is 1. The fourth-order valence-corrected chi connectivity index (χ4v) is 1.69. The number of aromatic nitrogens is 2. The van der Waals surface area contributed by atoms with Crippen molar-refractivity contribution in [3.8, 4) is 0 Å². The Morgan fingerprint density at radius 3 is 3.15 bits per heavy atom. The molecule has 2 rings (SSSR count). The summed E-state index contributed by atoms with van der Waals surface area (Å²) >= 11 is 0. The van der Waals surface area contributed by atoms with E-state index in [4.69, 9.17) is 0 Å². The Morgan fingerprint density at radius 1 is 1.62 bits per heavy atom. The van der Waals surface area contributed by atoms with Gasteiger partial charge in [0.05, 0.1) is 12.5 Å². The van der Waals surface area contributed by atoms with Gasteiger partial charge in [-0.1, -0.05) is 0 Å². The third-order valence-corrected chi connectivity index (χ3v) is 2.43. The molecule has 0 saturated carbocycles. The summed E-state index contributed by atoms with van der Waals surface area (Å²) in [6, 6.07) is 0. The molecule has 4 nitrogen and oxygen atoms in total. The number of piperidine rings is 1. The number of H-pyrrole nitrogens is 1. The van der Waals surface area contributed by atoms with E-state index >= 15 is 0 Å². The highest BCUT2D eigenvalue weighted by Crippen LogP contribution is 2.14. The van der Waals surface area contributed by atoms with Crippen molar-refractivity contribution in [1.29, 1.82) is 0 Å². The van der Waals surface area contributed by atoms with Crippen LogP contribution in [0.4, 0.5) is 0 Å². The maximum atomic E-state index is 11.7. The number of aromatic amines is 1. The standard InChI is InChI=1S/C9H13N3O/c13-9(8-5-11-6-12-8)7-2-1-3-10-4-7/h5-7,10H,1-4H2,(H,11,12). The zero-order valence-electron chi connectivity index (χ0n) is 7.42. The van der Waals surface area contributed by atoms with Gasteiger partial charge in [0.15, 0.2) is 5.78 Å². The molecule has 0 amide bonds. The lowest BCUT2D eigenvalue weighted by molar-refractivity contribution is 0.0895. The summed E-state index contributed by atoms with van der Waals surface area (Å²) in [5, 5.41) is 3.22. The molecule has 0 spiro atoms. The van der Waals surface area contributed by atoms with E-state index in [1.54, 1.807) is 12.5 Å². The molecular formula is C9H13N3O. The minimum atomic E-state index is 0.134. The summed E-state index contributed by atoms with van der Waals surface area (Å²) in [4.78, 5) is 18.4. The molecule has 0 aromatic carbocycles. The van der Waals surface area contributed by atoms with E-state index in [-0.39, 0.29) is 11.7 Å². The van der Waals surface area contributed by atoms with Crippen molar-refractivity contribution in [2.45, 2.75) is 12.8 Å². The molecule has 1 aliphatic rings. The number of imidazole rings is 1. The number of hydrogen-bond acceptors (Lipinski definition) is 3. The number of ketones is 1. The van der Waals surface area contributed by atoms with Gasteiger partial charge in [-0.25, -0.2) is 4.98 Å². The van der Waals surface area contributed by atoms with Crippen LogP contribution in [-0.2, 0) is 0 Å². The Balaban J connectivity index is 2.04. The lowest BCUT2D eigenvalue weighted by Gasteiger charge is -2.20. The Hall–Kier alpha value is -1.16. The molecule has 0 bridgehead atoms. The van der Waals surface area contributed by atoms with Gasteiger partial charge in [-0.15, -0.1) is 0 Å². The predicted molar refractivity (Wildman–Crippen MR) is 48.5 cm³/mol. The molecule has 2 heterocycles. The van der Waals surface area contributed by atoms with Crippen LogP contribution in [0.2, 0.25) is 0 Å². The Labute approximate surface area is 76.8 Å². The van der Waals surface area contributed by atoms with Gasteiger partial charge in [0.25, 0.3) is 0 Å². The van der Waals surface area contributed by atoms with Crippen molar-refractivity contribution in [3.63, 3.8) is 0 Å². The molecule has 1 fully saturated rings. The second-order valence-corrected chi connectivity index (χ2v) is 3.37. The SMILES string of the molecule is O=C(c1cnc[nH]1)C1CCCNC1. The van der Waals surface area contributed by atoms with E-state index < -0.39 is 0 Å². The molecule has 70 valence electrons. The number of nitrogens with one attached hydrogen (secondary N) is 2. The monoisotopic (exact) mass is 179 g/mol. The van der Waals surface area contributed by atoms with Crippen molar-refractivity contribution in [2.75, 3.05) is 13.1 Å². The third kappa shape index (κ3) is 1.78. The van der Waals surface area contributed by atoms with Crippen LogP contribution in [-0.4, -0.2) is 28.8 Å². The minimum absolute atomic E-state index is 0.134. The molecule has 1 unspecified atom stereocenters. The fraction of sp³-hybridized carbons (Fsp3) is 0.556. The summed E-state index contributed by atoms with van der Waals surface area (Å²) in [5.74, 6) is 0.318. The number of carbonyl (C=O) groups excluding carboxylic acids is 1. The van der Waals surface area contributed by atoms with Gasteiger partial charge in [0.2, 0.25) is 0 Å². The molecular weight excluding hydrogens is 166 g/mol. The first-order chi connectivity index (χ1) is 6.38. The van der Waals surface area contributed by atoms with E-state index in [0.29, 0.717) is 5.69 Å². The van der Waals surface area contributed by atoms with E-state index in [2.05, 4.69) is 15.3 Å². The highest BCUT2D eigenvalue weighted by molar-refractivity contribution is 5.96. The van der Waals surface area contributed by atoms with E-state index in [1.165, 1.54) is 0 Å². The molecule has 4 heteroatoms. The lowest BCUT2D eigenvalue weighted by Crippen LogP contribution is -2.34. The molecule has 0 radical (unpaired) electrons. The number of nitrogens with zero attached hydrogens (tertiary/aromatic N) is 1. The molecule has 1 atom stereocenters.